The molecule has 0 bridgehead atoms. The van der Waals surface area contributed by atoms with E-state index >= 15 is 0 Å². The normalized spacial score (nSPS) is 15.9. The van der Waals surface area contributed by atoms with E-state index < -0.39 is 15.8 Å². The Morgan fingerprint density at radius 3 is 2.46 bits per heavy atom. The predicted octanol–water partition coefficient (Wildman–Crippen LogP) is 3.79. The highest BCUT2D eigenvalue weighted by Gasteiger charge is 2.30. The Labute approximate surface area is 176 Å². The Hall–Kier alpha value is -1.74. The molecule has 5 nitrogen and oxygen atoms in total. The molecular formula is C19H17BrClFN2O3S. The second-order valence-electron chi connectivity index (χ2n) is 6.16. The molecule has 0 aromatic heterocycles. The Bertz CT molecular complexity index is 1020. The molecule has 3 rings (SSSR count). The number of halogens is 3. The van der Waals surface area contributed by atoms with Crippen LogP contribution in [0.1, 0.15) is 5.56 Å². The Kier molecular flexibility index (Phi) is 6.54. The predicted molar refractivity (Wildman–Crippen MR) is 110 cm³/mol. The van der Waals surface area contributed by atoms with E-state index in [1.54, 1.807) is 24.3 Å². The minimum atomic E-state index is -3.72. The van der Waals surface area contributed by atoms with Crippen LogP contribution in [0, 0.1) is 5.82 Å². The fraction of sp³-hybridized carbons (Fsp3) is 0.211. The molecule has 1 aliphatic heterocycles. The van der Waals surface area contributed by atoms with E-state index in [9.17, 15) is 17.6 Å². The van der Waals surface area contributed by atoms with Crippen LogP contribution in [0.2, 0.25) is 5.02 Å². The number of carbonyl (C=O) groups is 1. The van der Waals surface area contributed by atoms with Crippen LogP contribution in [0.15, 0.2) is 57.9 Å². The van der Waals surface area contributed by atoms with Crippen molar-refractivity contribution in [3.8, 4) is 0 Å². The quantitative estimate of drug-likeness (QED) is 0.617. The summed E-state index contributed by atoms with van der Waals surface area (Å²) in [5.74, 6) is -0.725. The molecule has 0 unspecified atom stereocenters. The van der Waals surface area contributed by atoms with Gasteiger partial charge in [0.25, 0.3) is 0 Å². The Balaban J connectivity index is 1.65. The molecule has 1 saturated heterocycles. The van der Waals surface area contributed by atoms with Crippen molar-refractivity contribution in [2.75, 3.05) is 26.2 Å². The highest BCUT2D eigenvalue weighted by molar-refractivity contribution is 9.10. The number of carbonyl (C=O) groups excluding carboxylic acids is 1. The van der Waals surface area contributed by atoms with Gasteiger partial charge in [0.05, 0.1) is 5.02 Å². The Morgan fingerprint density at radius 2 is 1.79 bits per heavy atom. The molecule has 1 amide bonds. The molecule has 0 atom stereocenters. The maximum atomic E-state index is 13.8. The summed E-state index contributed by atoms with van der Waals surface area (Å²) in [7, 11) is -3.72. The molecule has 0 spiro atoms. The highest BCUT2D eigenvalue weighted by Crippen LogP contribution is 2.25. The van der Waals surface area contributed by atoms with E-state index in [0.717, 1.165) is 0 Å². The molecule has 1 fully saturated rings. The molecule has 148 valence electrons. The third-order valence-electron chi connectivity index (χ3n) is 4.37. The standard InChI is InChI=1S/C19H17BrClFN2O3S/c20-15-6-7-17(22)14(13-15)5-8-19(25)23-9-11-24(12-10-23)28(26,27)18-4-2-1-3-16(18)21/h1-8,13H,9-12H2/b8-5+. The van der Waals surface area contributed by atoms with Gasteiger partial charge in [-0.1, -0.05) is 39.7 Å². The minimum absolute atomic E-state index is 0.0569. The number of piperazine rings is 1. The van der Waals surface area contributed by atoms with Crippen molar-refractivity contribution in [3.05, 3.63) is 69.4 Å². The van der Waals surface area contributed by atoms with Crippen molar-refractivity contribution in [1.29, 1.82) is 0 Å². The summed E-state index contributed by atoms with van der Waals surface area (Å²) in [6.07, 6.45) is 2.71. The van der Waals surface area contributed by atoms with Crippen molar-refractivity contribution < 1.29 is 17.6 Å². The van der Waals surface area contributed by atoms with Crippen LogP contribution >= 0.6 is 27.5 Å². The van der Waals surface area contributed by atoms with Crippen LogP contribution in [0.5, 0.6) is 0 Å². The number of amides is 1. The average Bonchev–Trinajstić information content (AvgIpc) is 2.68. The van der Waals surface area contributed by atoms with Gasteiger partial charge in [-0.2, -0.15) is 4.31 Å². The van der Waals surface area contributed by atoms with Gasteiger partial charge in [0.15, 0.2) is 0 Å². The zero-order chi connectivity index (χ0) is 20.3. The topological polar surface area (TPSA) is 57.7 Å². The van der Waals surface area contributed by atoms with Gasteiger partial charge in [0.2, 0.25) is 15.9 Å². The van der Waals surface area contributed by atoms with Crippen molar-refractivity contribution in [3.63, 3.8) is 0 Å². The van der Waals surface area contributed by atoms with Crippen molar-refractivity contribution >= 4 is 49.5 Å². The summed E-state index contributed by atoms with van der Waals surface area (Å²) in [6, 6.07) is 10.7. The lowest BCUT2D eigenvalue weighted by molar-refractivity contribution is -0.127. The van der Waals surface area contributed by atoms with Gasteiger partial charge in [0, 0.05) is 42.3 Å². The lowest BCUT2D eigenvalue weighted by Crippen LogP contribution is -2.50. The first kappa shape index (κ1) is 21.0. The molecule has 9 heteroatoms. The molecule has 1 heterocycles. The van der Waals surface area contributed by atoms with Gasteiger partial charge >= 0.3 is 0 Å². The number of hydrogen-bond donors (Lipinski definition) is 0. The first-order valence-corrected chi connectivity index (χ1v) is 11.1. The van der Waals surface area contributed by atoms with E-state index in [4.69, 9.17) is 11.6 Å². The van der Waals surface area contributed by atoms with Crippen LogP contribution in [0.3, 0.4) is 0 Å². The molecule has 0 saturated carbocycles. The number of hydrogen-bond acceptors (Lipinski definition) is 3. The third kappa shape index (κ3) is 4.63. The lowest BCUT2D eigenvalue weighted by Gasteiger charge is -2.33. The maximum Gasteiger partial charge on any atom is 0.246 e. The minimum Gasteiger partial charge on any atom is -0.337 e. The molecule has 0 N–H and O–H groups in total. The Morgan fingerprint density at radius 1 is 1.11 bits per heavy atom. The van der Waals surface area contributed by atoms with Gasteiger partial charge in [-0.3, -0.25) is 4.79 Å². The average molecular weight is 488 g/mol. The van der Waals surface area contributed by atoms with E-state index in [0.29, 0.717) is 10.0 Å². The summed E-state index contributed by atoms with van der Waals surface area (Å²) in [6.45, 7) is 0.818. The number of nitrogens with zero attached hydrogens (tertiary/aromatic N) is 2. The van der Waals surface area contributed by atoms with Gasteiger partial charge in [-0.05, 0) is 36.4 Å². The fourth-order valence-electron chi connectivity index (χ4n) is 2.85. The molecule has 2 aromatic carbocycles. The summed E-state index contributed by atoms with van der Waals surface area (Å²) in [4.78, 5) is 14.0. The number of benzene rings is 2. The highest BCUT2D eigenvalue weighted by atomic mass is 79.9. The van der Waals surface area contributed by atoms with Gasteiger partial charge in [0.1, 0.15) is 10.7 Å². The fourth-order valence-corrected chi connectivity index (χ4v) is 5.14. The van der Waals surface area contributed by atoms with Crippen molar-refractivity contribution in [2.45, 2.75) is 4.90 Å². The van der Waals surface area contributed by atoms with E-state index in [1.165, 1.54) is 39.6 Å². The SMILES string of the molecule is O=C(/C=C/c1cc(Br)ccc1F)N1CCN(S(=O)(=O)c2ccccc2Cl)CC1. The monoisotopic (exact) mass is 486 g/mol. The van der Waals surface area contributed by atoms with Crippen LogP contribution in [0.25, 0.3) is 6.08 Å². The first-order valence-electron chi connectivity index (χ1n) is 8.46. The molecular weight excluding hydrogens is 471 g/mol. The summed E-state index contributed by atoms with van der Waals surface area (Å²) in [5, 5.41) is 0.167. The van der Waals surface area contributed by atoms with E-state index in [-0.39, 0.29) is 42.0 Å². The lowest BCUT2D eigenvalue weighted by atomic mass is 10.2. The van der Waals surface area contributed by atoms with Gasteiger partial charge < -0.3 is 4.90 Å². The van der Waals surface area contributed by atoms with Crippen molar-refractivity contribution in [1.82, 2.24) is 9.21 Å². The smallest absolute Gasteiger partial charge is 0.246 e. The second kappa shape index (κ2) is 8.73. The van der Waals surface area contributed by atoms with Crippen molar-refractivity contribution in [2.24, 2.45) is 0 Å². The molecule has 28 heavy (non-hydrogen) atoms. The number of sulfonamides is 1. The second-order valence-corrected chi connectivity index (χ2v) is 9.39. The molecule has 0 aliphatic carbocycles. The van der Waals surface area contributed by atoms with Crippen LogP contribution in [-0.4, -0.2) is 49.7 Å². The number of rotatable bonds is 4. The summed E-state index contributed by atoms with van der Waals surface area (Å²) >= 11 is 9.28. The van der Waals surface area contributed by atoms with E-state index in [2.05, 4.69) is 15.9 Å². The first-order chi connectivity index (χ1) is 13.3. The zero-order valence-corrected chi connectivity index (χ0v) is 17.8. The molecule has 0 radical (unpaired) electrons. The van der Waals surface area contributed by atoms with Crippen LogP contribution < -0.4 is 0 Å². The van der Waals surface area contributed by atoms with Crippen LogP contribution in [-0.2, 0) is 14.8 Å². The largest absolute Gasteiger partial charge is 0.337 e. The van der Waals surface area contributed by atoms with Gasteiger partial charge in [-0.25, -0.2) is 12.8 Å². The molecule has 2 aromatic rings. The summed E-state index contributed by atoms with van der Waals surface area (Å²) in [5.41, 5.74) is 0.294. The summed E-state index contributed by atoms with van der Waals surface area (Å²) < 4.78 is 41.3. The molecule has 1 aliphatic rings. The third-order valence-corrected chi connectivity index (χ3v) is 7.26. The maximum absolute atomic E-state index is 13.8. The van der Waals surface area contributed by atoms with Crippen LogP contribution in [0.4, 0.5) is 4.39 Å². The van der Waals surface area contributed by atoms with E-state index in [1.807, 2.05) is 0 Å². The zero-order valence-electron chi connectivity index (χ0n) is 14.7. The van der Waals surface area contributed by atoms with Gasteiger partial charge in [-0.15, -0.1) is 0 Å².